The van der Waals surface area contributed by atoms with Crippen LogP contribution in [0.15, 0.2) is 65.1 Å². The Morgan fingerprint density at radius 1 is 1.08 bits per heavy atom. The molecule has 2 aromatic carbocycles. The number of rotatable bonds is 7. The van der Waals surface area contributed by atoms with E-state index in [1.54, 1.807) is 0 Å². The molecule has 1 N–H and O–H groups in total. The van der Waals surface area contributed by atoms with Gasteiger partial charge in [0.1, 0.15) is 18.4 Å². The fourth-order valence-electron chi connectivity index (χ4n) is 3.08. The molecule has 0 radical (unpaired) electrons. The lowest BCUT2D eigenvalue weighted by Gasteiger charge is -2.06. The molecule has 0 bridgehead atoms. The molecule has 0 saturated heterocycles. The van der Waals surface area contributed by atoms with Crippen molar-refractivity contribution >= 4 is 5.88 Å². The molecule has 0 aliphatic heterocycles. The van der Waals surface area contributed by atoms with Crippen molar-refractivity contribution in [1.29, 1.82) is 5.26 Å². The highest BCUT2D eigenvalue weighted by Gasteiger charge is 2.43. The smallest absolute Gasteiger partial charge is 0.232 e. The molecule has 3 aromatic rings. The number of anilines is 1. The van der Waals surface area contributed by atoms with Crippen LogP contribution in [-0.4, -0.2) is 18.1 Å². The number of aromatic nitrogens is 1. The minimum atomic E-state index is 0.251. The maximum Gasteiger partial charge on any atom is 0.232 e. The monoisotopic (exact) mass is 345 g/mol. The number of nitriles is 1. The van der Waals surface area contributed by atoms with Crippen LogP contribution in [0, 0.1) is 11.3 Å². The lowest BCUT2D eigenvalue weighted by molar-refractivity contribution is 0.331. The number of para-hydroxylation sites is 1. The Hall–Kier alpha value is -3.26. The van der Waals surface area contributed by atoms with Gasteiger partial charge in [-0.3, -0.25) is 0 Å². The molecule has 1 aliphatic carbocycles. The molecular formula is C21H19N3O2. The van der Waals surface area contributed by atoms with Gasteiger partial charge in [0.05, 0.1) is 6.54 Å². The van der Waals surface area contributed by atoms with Crippen LogP contribution in [0.5, 0.6) is 5.75 Å². The van der Waals surface area contributed by atoms with Crippen LogP contribution in [0.3, 0.4) is 0 Å². The predicted octanol–water partition coefficient (Wildman–Crippen LogP) is 4.31. The van der Waals surface area contributed by atoms with Gasteiger partial charge in [-0.05, 0) is 30.0 Å². The number of oxazole rings is 1. The van der Waals surface area contributed by atoms with E-state index in [1.165, 1.54) is 5.56 Å². The first kappa shape index (κ1) is 16.2. The summed E-state index contributed by atoms with van der Waals surface area (Å²) in [5.41, 5.74) is 1.60. The van der Waals surface area contributed by atoms with Gasteiger partial charge < -0.3 is 14.5 Å². The van der Waals surface area contributed by atoms with Crippen LogP contribution in [0.1, 0.15) is 35.4 Å². The summed E-state index contributed by atoms with van der Waals surface area (Å²) in [5.74, 6) is 2.56. The van der Waals surface area contributed by atoms with Crippen LogP contribution in [0.2, 0.25) is 0 Å². The van der Waals surface area contributed by atoms with E-state index in [0.29, 0.717) is 36.5 Å². The zero-order valence-corrected chi connectivity index (χ0v) is 14.3. The van der Waals surface area contributed by atoms with E-state index in [0.717, 1.165) is 12.2 Å². The maximum absolute atomic E-state index is 9.31. The molecule has 1 fully saturated rings. The van der Waals surface area contributed by atoms with Gasteiger partial charge in [0.15, 0.2) is 0 Å². The number of hydrogen-bond acceptors (Lipinski definition) is 5. The quantitative estimate of drug-likeness (QED) is 0.646. The van der Waals surface area contributed by atoms with Gasteiger partial charge in [0.25, 0.3) is 0 Å². The standard InChI is InChI=1S/C21H19N3O2/c22-14-19-21(23-11-12-25-16-9-5-2-6-10-16)26-20(24-19)18-13-17(18)15-7-3-1-4-8-15/h1-10,17-18,23H,11-13H2/t17-,18+/m0/s1. The van der Waals surface area contributed by atoms with Crippen molar-refractivity contribution in [2.24, 2.45) is 0 Å². The molecule has 5 heteroatoms. The fourth-order valence-corrected chi connectivity index (χ4v) is 3.08. The molecule has 1 aromatic heterocycles. The molecular weight excluding hydrogens is 326 g/mol. The summed E-state index contributed by atoms with van der Waals surface area (Å²) in [6, 6.07) is 22.1. The van der Waals surface area contributed by atoms with Crippen molar-refractivity contribution in [3.63, 3.8) is 0 Å². The lowest BCUT2D eigenvalue weighted by Crippen LogP contribution is -2.11. The van der Waals surface area contributed by atoms with E-state index < -0.39 is 0 Å². The molecule has 1 aliphatic rings. The summed E-state index contributed by atoms with van der Waals surface area (Å²) in [4.78, 5) is 4.37. The molecule has 4 rings (SSSR count). The summed E-state index contributed by atoms with van der Waals surface area (Å²) < 4.78 is 11.5. The number of nitrogens with one attached hydrogen (secondary N) is 1. The Morgan fingerprint density at radius 2 is 1.81 bits per heavy atom. The molecule has 1 saturated carbocycles. The van der Waals surface area contributed by atoms with Gasteiger partial charge in [0.2, 0.25) is 17.5 Å². The SMILES string of the molecule is N#Cc1nc([C@@H]2C[C@H]2c2ccccc2)oc1NCCOc1ccccc1. The van der Waals surface area contributed by atoms with E-state index >= 15 is 0 Å². The van der Waals surface area contributed by atoms with Gasteiger partial charge in [-0.1, -0.05) is 48.5 Å². The maximum atomic E-state index is 9.31. The molecule has 130 valence electrons. The topological polar surface area (TPSA) is 71.1 Å². The minimum absolute atomic E-state index is 0.251. The Bertz CT molecular complexity index is 900. The minimum Gasteiger partial charge on any atom is -0.492 e. The third-order valence-corrected chi connectivity index (χ3v) is 4.48. The van der Waals surface area contributed by atoms with Crippen LogP contribution in [0.25, 0.3) is 0 Å². The van der Waals surface area contributed by atoms with Crippen molar-refractivity contribution in [1.82, 2.24) is 4.98 Å². The van der Waals surface area contributed by atoms with E-state index in [-0.39, 0.29) is 5.92 Å². The Kier molecular flexibility index (Phi) is 4.57. The third kappa shape index (κ3) is 3.55. The molecule has 0 unspecified atom stereocenters. The lowest BCUT2D eigenvalue weighted by atomic mass is 10.1. The Labute approximate surface area is 152 Å². The highest BCUT2D eigenvalue weighted by Crippen LogP contribution is 2.54. The Morgan fingerprint density at radius 3 is 2.54 bits per heavy atom. The highest BCUT2D eigenvalue weighted by molar-refractivity contribution is 5.46. The average Bonchev–Trinajstić information content (AvgIpc) is 3.40. The van der Waals surface area contributed by atoms with Crippen molar-refractivity contribution in [2.75, 3.05) is 18.5 Å². The summed E-state index contributed by atoms with van der Waals surface area (Å²) in [5, 5.41) is 12.4. The summed E-state index contributed by atoms with van der Waals surface area (Å²) in [7, 11) is 0. The molecule has 2 atom stereocenters. The number of hydrogen-bond donors (Lipinski definition) is 1. The van der Waals surface area contributed by atoms with Crippen molar-refractivity contribution in [3.05, 3.63) is 77.8 Å². The summed E-state index contributed by atoms with van der Waals surface area (Å²) in [6.45, 7) is 1.01. The number of nitrogens with zero attached hydrogens (tertiary/aromatic N) is 2. The number of benzene rings is 2. The molecule has 0 spiro atoms. The zero-order valence-electron chi connectivity index (χ0n) is 14.3. The number of ether oxygens (including phenoxy) is 1. The zero-order chi connectivity index (χ0) is 17.8. The fraction of sp³-hybridized carbons (Fsp3) is 0.238. The summed E-state index contributed by atoms with van der Waals surface area (Å²) in [6.07, 6.45) is 1.01. The second kappa shape index (κ2) is 7.32. The van der Waals surface area contributed by atoms with Gasteiger partial charge in [-0.25, -0.2) is 4.98 Å². The first-order chi connectivity index (χ1) is 12.8. The van der Waals surface area contributed by atoms with Crippen LogP contribution in [0.4, 0.5) is 5.88 Å². The first-order valence-electron chi connectivity index (χ1n) is 8.72. The van der Waals surface area contributed by atoms with Gasteiger partial charge >= 0.3 is 0 Å². The molecule has 1 heterocycles. The largest absolute Gasteiger partial charge is 0.492 e. The van der Waals surface area contributed by atoms with E-state index in [2.05, 4.69) is 28.5 Å². The third-order valence-electron chi connectivity index (χ3n) is 4.48. The van der Waals surface area contributed by atoms with E-state index in [4.69, 9.17) is 9.15 Å². The van der Waals surface area contributed by atoms with E-state index in [9.17, 15) is 5.26 Å². The van der Waals surface area contributed by atoms with E-state index in [1.807, 2.05) is 48.5 Å². The average molecular weight is 345 g/mol. The molecule has 5 nitrogen and oxygen atoms in total. The van der Waals surface area contributed by atoms with Crippen LogP contribution >= 0.6 is 0 Å². The van der Waals surface area contributed by atoms with Crippen LogP contribution in [-0.2, 0) is 0 Å². The second-order valence-corrected chi connectivity index (χ2v) is 6.29. The van der Waals surface area contributed by atoms with Crippen molar-refractivity contribution < 1.29 is 9.15 Å². The van der Waals surface area contributed by atoms with Gasteiger partial charge in [0, 0.05) is 5.92 Å². The van der Waals surface area contributed by atoms with Crippen LogP contribution < -0.4 is 10.1 Å². The summed E-state index contributed by atoms with van der Waals surface area (Å²) >= 11 is 0. The highest BCUT2D eigenvalue weighted by atomic mass is 16.5. The van der Waals surface area contributed by atoms with Crippen molar-refractivity contribution in [2.45, 2.75) is 18.3 Å². The molecule has 26 heavy (non-hydrogen) atoms. The normalized spacial score (nSPS) is 18.1. The van der Waals surface area contributed by atoms with Crippen molar-refractivity contribution in [3.8, 4) is 11.8 Å². The van der Waals surface area contributed by atoms with Gasteiger partial charge in [-0.15, -0.1) is 0 Å². The predicted molar refractivity (Wildman–Crippen MR) is 98.2 cm³/mol. The van der Waals surface area contributed by atoms with Gasteiger partial charge in [-0.2, -0.15) is 5.26 Å². The second-order valence-electron chi connectivity index (χ2n) is 6.29. The first-order valence-corrected chi connectivity index (χ1v) is 8.72. The molecule has 0 amide bonds. The Balaban J connectivity index is 1.35.